The lowest BCUT2D eigenvalue weighted by Gasteiger charge is -2.13. The molecule has 1 aromatic heterocycles. The second-order valence-corrected chi connectivity index (χ2v) is 7.16. The van der Waals surface area contributed by atoms with Gasteiger partial charge in [0.05, 0.1) is 18.6 Å². The Hall–Kier alpha value is -3.81. The summed E-state index contributed by atoms with van der Waals surface area (Å²) in [5, 5.41) is 5.74. The summed E-state index contributed by atoms with van der Waals surface area (Å²) >= 11 is 0. The molecule has 1 unspecified atom stereocenters. The van der Waals surface area contributed by atoms with Crippen LogP contribution in [0.5, 0.6) is 5.75 Å². The van der Waals surface area contributed by atoms with Crippen molar-refractivity contribution in [3.63, 3.8) is 0 Å². The SMILES string of the molecule is COc1ccc(F)c(C(=O)C2CNc3ncc(-c4cccc(NC(C)=O)c4)cc32)c1F. The quantitative estimate of drug-likeness (QED) is 0.595. The van der Waals surface area contributed by atoms with Crippen LogP contribution in [0, 0.1) is 11.6 Å². The Labute approximate surface area is 177 Å². The summed E-state index contributed by atoms with van der Waals surface area (Å²) in [4.78, 5) is 28.8. The second kappa shape index (κ2) is 8.14. The Bertz CT molecular complexity index is 1200. The van der Waals surface area contributed by atoms with Gasteiger partial charge in [0.25, 0.3) is 0 Å². The minimum absolute atomic E-state index is 0.173. The van der Waals surface area contributed by atoms with Crippen LogP contribution in [0.3, 0.4) is 0 Å². The van der Waals surface area contributed by atoms with Crippen molar-refractivity contribution in [1.29, 1.82) is 0 Å². The van der Waals surface area contributed by atoms with Gasteiger partial charge in [0, 0.05) is 36.5 Å². The number of amides is 1. The van der Waals surface area contributed by atoms with E-state index in [9.17, 15) is 18.4 Å². The van der Waals surface area contributed by atoms with Crippen LogP contribution in [0.4, 0.5) is 20.3 Å². The Morgan fingerprint density at radius 1 is 1.16 bits per heavy atom. The number of rotatable bonds is 5. The molecule has 1 amide bonds. The van der Waals surface area contributed by atoms with Gasteiger partial charge in [-0.05, 0) is 35.9 Å². The zero-order valence-corrected chi connectivity index (χ0v) is 16.8. The predicted molar refractivity (Wildman–Crippen MR) is 112 cm³/mol. The first-order valence-corrected chi connectivity index (χ1v) is 9.57. The Balaban J connectivity index is 1.71. The van der Waals surface area contributed by atoms with E-state index in [4.69, 9.17) is 4.74 Å². The maximum atomic E-state index is 14.7. The highest BCUT2D eigenvalue weighted by Crippen LogP contribution is 2.37. The zero-order chi connectivity index (χ0) is 22.1. The van der Waals surface area contributed by atoms with Crippen LogP contribution in [-0.2, 0) is 4.79 Å². The van der Waals surface area contributed by atoms with E-state index in [0.717, 1.165) is 17.7 Å². The van der Waals surface area contributed by atoms with Crippen molar-refractivity contribution in [3.05, 3.63) is 71.4 Å². The molecule has 6 nitrogen and oxygen atoms in total. The molecule has 31 heavy (non-hydrogen) atoms. The van der Waals surface area contributed by atoms with Crippen molar-refractivity contribution in [2.75, 3.05) is 24.3 Å². The number of carbonyl (C=O) groups is 2. The number of fused-ring (bicyclic) bond motifs is 1. The number of methoxy groups -OCH3 is 1. The highest BCUT2D eigenvalue weighted by atomic mass is 19.1. The lowest BCUT2D eigenvalue weighted by atomic mass is 9.91. The second-order valence-electron chi connectivity index (χ2n) is 7.16. The molecule has 4 rings (SSSR count). The molecule has 0 saturated carbocycles. The first kappa shape index (κ1) is 20.5. The molecular weight excluding hydrogens is 404 g/mol. The fraction of sp³-hybridized carbons (Fsp3) is 0.174. The summed E-state index contributed by atoms with van der Waals surface area (Å²) in [6.45, 7) is 1.59. The summed E-state index contributed by atoms with van der Waals surface area (Å²) in [5.74, 6) is -3.36. The number of ether oxygens (including phenoxy) is 1. The minimum atomic E-state index is -1.02. The van der Waals surface area contributed by atoms with Crippen LogP contribution < -0.4 is 15.4 Å². The number of Topliss-reactive ketones (excluding diaryl/α,β-unsaturated/α-hetero) is 1. The molecule has 2 heterocycles. The molecule has 2 aromatic carbocycles. The fourth-order valence-electron chi connectivity index (χ4n) is 3.67. The molecule has 1 atom stereocenters. The van der Waals surface area contributed by atoms with Crippen molar-refractivity contribution in [2.45, 2.75) is 12.8 Å². The van der Waals surface area contributed by atoms with E-state index < -0.39 is 28.9 Å². The number of carbonyl (C=O) groups excluding carboxylic acids is 2. The van der Waals surface area contributed by atoms with E-state index >= 15 is 0 Å². The molecular formula is C23H19F2N3O3. The molecule has 0 radical (unpaired) electrons. The topological polar surface area (TPSA) is 80.3 Å². The van der Waals surface area contributed by atoms with Gasteiger partial charge < -0.3 is 15.4 Å². The molecule has 2 N–H and O–H groups in total. The van der Waals surface area contributed by atoms with Crippen molar-refractivity contribution in [1.82, 2.24) is 4.98 Å². The normalized spacial score (nSPS) is 14.5. The smallest absolute Gasteiger partial charge is 0.221 e. The monoisotopic (exact) mass is 423 g/mol. The molecule has 1 aliphatic heterocycles. The van der Waals surface area contributed by atoms with Crippen molar-refractivity contribution in [2.24, 2.45) is 0 Å². The van der Waals surface area contributed by atoms with Crippen molar-refractivity contribution in [3.8, 4) is 16.9 Å². The van der Waals surface area contributed by atoms with Gasteiger partial charge in [0.2, 0.25) is 5.91 Å². The van der Waals surface area contributed by atoms with Crippen LogP contribution in [0.15, 0.2) is 48.7 Å². The third-order valence-electron chi connectivity index (χ3n) is 5.12. The third-order valence-corrected chi connectivity index (χ3v) is 5.12. The number of ketones is 1. The number of pyridine rings is 1. The molecule has 0 spiro atoms. The van der Waals surface area contributed by atoms with Gasteiger partial charge in [-0.3, -0.25) is 9.59 Å². The van der Waals surface area contributed by atoms with E-state index in [1.54, 1.807) is 30.5 Å². The maximum absolute atomic E-state index is 14.7. The lowest BCUT2D eigenvalue weighted by molar-refractivity contribution is -0.114. The predicted octanol–water partition coefficient (Wildman–Crippen LogP) is 4.39. The minimum Gasteiger partial charge on any atom is -0.494 e. The molecule has 158 valence electrons. The van der Waals surface area contributed by atoms with Crippen molar-refractivity contribution < 1.29 is 23.1 Å². The van der Waals surface area contributed by atoms with Gasteiger partial charge in [0.1, 0.15) is 11.6 Å². The Kier molecular flexibility index (Phi) is 5.37. The lowest BCUT2D eigenvalue weighted by Crippen LogP contribution is -2.18. The summed E-state index contributed by atoms with van der Waals surface area (Å²) < 4.78 is 33.9. The van der Waals surface area contributed by atoms with E-state index in [1.807, 2.05) is 6.07 Å². The number of hydrogen-bond donors (Lipinski definition) is 2. The number of hydrogen-bond acceptors (Lipinski definition) is 5. The van der Waals surface area contributed by atoms with E-state index in [2.05, 4.69) is 15.6 Å². The highest BCUT2D eigenvalue weighted by Gasteiger charge is 2.34. The van der Waals surface area contributed by atoms with E-state index in [1.165, 1.54) is 14.0 Å². The maximum Gasteiger partial charge on any atom is 0.221 e. The molecule has 1 aliphatic rings. The average Bonchev–Trinajstić information content (AvgIpc) is 3.17. The van der Waals surface area contributed by atoms with Crippen LogP contribution in [0.1, 0.15) is 28.8 Å². The first-order chi connectivity index (χ1) is 14.9. The summed E-state index contributed by atoms with van der Waals surface area (Å²) in [5.41, 5.74) is 2.03. The molecule has 0 bridgehead atoms. The van der Waals surface area contributed by atoms with Gasteiger partial charge in [-0.15, -0.1) is 0 Å². The zero-order valence-electron chi connectivity index (χ0n) is 16.8. The van der Waals surface area contributed by atoms with Gasteiger partial charge in [-0.25, -0.2) is 13.8 Å². The molecule has 8 heteroatoms. The number of benzene rings is 2. The van der Waals surface area contributed by atoms with E-state index in [-0.39, 0.29) is 18.2 Å². The molecule has 0 fully saturated rings. The highest BCUT2D eigenvalue weighted by molar-refractivity contribution is 6.03. The van der Waals surface area contributed by atoms with Gasteiger partial charge in [0.15, 0.2) is 17.3 Å². The third kappa shape index (κ3) is 3.84. The first-order valence-electron chi connectivity index (χ1n) is 9.57. The van der Waals surface area contributed by atoms with Crippen LogP contribution in [-0.4, -0.2) is 30.3 Å². The summed E-state index contributed by atoms with van der Waals surface area (Å²) in [7, 11) is 1.25. The molecule has 0 aliphatic carbocycles. The summed E-state index contributed by atoms with van der Waals surface area (Å²) in [6, 6.07) is 11.1. The fourth-order valence-corrected chi connectivity index (χ4v) is 3.67. The van der Waals surface area contributed by atoms with Crippen LogP contribution in [0.2, 0.25) is 0 Å². The van der Waals surface area contributed by atoms with Gasteiger partial charge >= 0.3 is 0 Å². The molecule has 3 aromatic rings. The number of anilines is 2. The van der Waals surface area contributed by atoms with Gasteiger partial charge in [-0.1, -0.05) is 12.1 Å². The summed E-state index contributed by atoms with van der Waals surface area (Å²) in [6.07, 6.45) is 1.64. The average molecular weight is 423 g/mol. The van der Waals surface area contributed by atoms with Crippen LogP contribution in [0.25, 0.3) is 11.1 Å². The van der Waals surface area contributed by atoms with Crippen molar-refractivity contribution >= 4 is 23.2 Å². The number of aromatic nitrogens is 1. The van der Waals surface area contributed by atoms with Gasteiger partial charge in [-0.2, -0.15) is 0 Å². The standard InChI is InChI=1S/C23H19F2N3O3/c1-12(29)28-15-5-3-4-13(8-15)14-9-16-17(11-27-23(16)26-10-14)22(30)20-18(24)6-7-19(31-2)21(20)25/h3-10,17H,11H2,1-2H3,(H,26,27)(H,28,29). The number of nitrogens with one attached hydrogen (secondary N) is 2. The van der Waals surface area contributed by atoms with Crippen LogP contribution >= 0.6 is 0 Å². The largest absolute Gasteiger partial charge is 0.494 e. The Morgan fingerprint density at radius 2 is 1.97 bits per heavy atom. The number of nitrogens with zero attached hydrogens (tertiary/aromatic N) is 1. The number of halogens is 2. The molecule has 0 saturated heterocycles. The Morgan fingerprint density at radius 3 is 2.71 bits per heavy atom. The van der Waals surface area contributed by atoms with E-state index in [0.29, 0.717) is 22.6 Å².